The van der Waals surface area contributed by atoms with Crippen LogP contribution in [0.2, 0.25) is 0 Å². The number of aromatic amines is 1. The molecule has 0 bridgehead atoms. The lowest BCUT2D eigenvalue weighted by Gasteiger charge is -1.99. The Morgan fingerprint density at radius 2 is 2.62 bits per heavy atom. The molecule has 6 nitrogen and oxygen atoms in total. The summed E-state index contributed by atoms with van der Waals surface area (Å²) >= 11 is 0. The Bertz CT molecular complexity index is 304. The van der Waals surface area contributed by atoms with Crippen LogP contribution in [0.4, 0.5) is 5.82 Å². The molecule has 0 fully saturated rings. The molecule has 0 unspecified atom stereocenters. The van der Waals surface area contributed by atoms with Gasteiger partial charge in [0.2, 0.25) is 0 Å². The van der Waals surface area contributed by atoms with Gasteiger partial charge in [0.15, 0.2) is 0 Å². The number of amidine groups is 1. The van der Waals surface area contributed by atoms with E-state index in [-0.39, 0.29) is 18.4 Å². The third-order valence-corrected chi connectivity index (χ3v) is 1.17. The zero-order valence-electron chi connectivity index (χ0n) is 7.15. The van der Waals surface area contributed by atoms with E-state index < -0.39 is 0 Å². The molecule has 0 atom stereocenters. The number of nitrogens with two attached hydrogens (primary N) is 1. The maximum atomic E-state index is 10.4. The fraction of sp³-hybridized carbons (Fsp3) is 0.286. The monoisotopic (exact) mass is 182 g/mol. The van der Waals surface area contributed by atoms with Crippen LogP contribution in [-0.4, -0.2) is 28.6 Å². The fourth-order valence-electron chi connectivity index (χ4n) is 0.673. The molecule has 1 aromatic rings. The van der Waals surface area contributed by atoms with E-state index in [2.05, 4.69) is 19.9 Å². The first-order valence-electron chi connectivity index (χ1n) is 3.64. The van der Waals surface area contributed by atoms with Gasteiger partial charge < -0.3 is 10.5 Å². The number of carbonyl (C=O) groups excluding carboxylic acids is 1. The Morgan fingerprint density at radius 3 is 3.15 bits per heavy atom. The minimum Gasteiger partial charge on any atom is -0.458 e. The van der Waals surface area contributed by atoms with Gasteiger partial charge in [-0.2, -0.15) is 5.10 Å². The molecule has 1 heterocycles. The highest BCUT2D eigenvalue weighted by molar-refractivity contribution is 5.85. The minimum absolute atomic E-state index is 0.00560. The molecule has 70 valence electrons. The summed E-state index contributed by atoms with van der Waals surface area (Å²) < 4.78 is 4.62. The summed E-state index contributed by atoms with van der Waals surface area (Å²) in [5.41, 5.74) is 5.44. The number of H-pyrrole nitrogens is 1. The van der Waals surface area contributed by atoms with E-state index >= 15 is 0 Å². The second kappa shape index (κ2) is 4.24. The Morgan fingerprint density at radius 1 is 1.85 bits per heavy atom. The first-order valence-corrected chi connectivity index (χ1v) is 3.64. The number of hydrogen-bond acceptors (Lipinski definition) is 4. The van der Waals surface area contributed by atoms with Gasteiger partial charge >= 0.3 is 5.97 Å². The molecule has 0 saturated heterocycles. The molecule has 0 spiro atoms. The van der Waals surface area contributed by atoms with E-state index in [4.69, 9.17) is 5.73 Å². The van der Waals surface area contributed by atoms with Crippen molar-refractivity contribution in [2.24, 2.45) is 10.7 Å². The smallest absolute Gasteiger partial charge is 0.303 e. The molecule has 0 aromatic carbocycles. The van der Waals surface area contributed by atoms with Gasteiger partial charge in [-0.25, -0.2) is 4.99 Å². The number of hydrogen-bond donors (Lipinski definition) is 2. The lowest BCUT2D eigenvalue weighted by Crippen LogP contribution is -2.20. The van der Waals surface area contributed by atoms with Crippen LogP contribution in [0.5, 0.6) is 0 Å². The molecule has 1 rings (SSSR count). The summed E-state index contributed by atoms with van der Waals surface area (Å²) in [7, 11) is 0. The minimum atomic E-state index is -0.386. The van der Waals surface area contributed by atoms with E-state index in [0.29, 0.717) is 5.82 Å². The maximum Gasteiger partial charge on any atom is 0.303 e. The number of ether oxygens (including phenoxy) is 1. The van der Waals surface area contributed by atoms with Gasteiger partial charge in [0.05, 0.1) is 6.20 Å². The van der Waals surface area contributed by atoms with Crippen molar-refractivity contribution in [3.8, 4) is 0 Å². The number of carbonyl (C=O) groups is 1. The van der Waals surface area contributed by atoms with Crippen molar-refractivity contribution in [2.45, 2.75) is 6.92 Å². The fourth-order valence-corrected chi connectivity index (χ4v) is 0.673. The summed E-state index contributed by atoms with van der Waals surface area (Å²) in [6.07, 6.45) is 1.55. The summed E-state index contributed by atoms with van der Waals surface area (Å²) in [6.45, 7) is 1.30. The topological polar surface area (TPSA) is 93.4 Å². The number of aromatic nitrogens is 2. The van der Waals surface area contributed by atoms with E-state index in [1.54, 1.807) is 12.3 Å². The van der Waals surface area contributed by atoms with Crippen LogP contribution in [-0.2, 0) is 9.53 Å². The van der Waals surface area contributed by atoms with Crippen LogP contribution in [0.1, 0.15) is 6.92 Å². The molecule has 0 aliphatic carbocycles. The predicted octanol–water partition coefficient (Wildman–Crippen LogP) is -0.0385. The zero-order valence-corrected chi connectivity index (χ0v) is 7.15. The molecule has 13 heavy (non-hydrogen) atoms. The zero-order chi connectivity index (χ0) is 9.68. The van der Waals surface area contributed by atoms with Crippen LogP contribution in [0.15, 0.2) is 17.3 Å². The van der Waals surface area contributed by atoms with Crippen LogP contribution in [0, 0.1) is 0 Å². The van der Waals surface area contributed by atoms with Crippen molar-refractivity contribution in [1.29, 1.82) is 0 Å². The summed E-state index contributed by atoms with van der Waals surface area (Å²) in [5.74, 6) is 0.367. The van der Waals surface area contributed by atoms with Crippen molar-refractivity contribution < 1.29 is 9.53 Å². The molecule has 3 N–H and O–H groups in total. The van der Waals surface area contributed by atoms with Gasteiger partial charge in [0.1, 0.15) is 18.3 Å². The summed E-state index contributed by atoms with van der Waals surface area (Å²) in [4.78, 5) is 14.3. The highest BCUT2D eigenvalue weighted by Crippen LogP contribution is 2.02. The van der Waals surface area contributed by atoms with E-state index in [1.807, 2.05) is 0 Å². The predicted molar refractivity (Wildman–Crippen MR) is 46.5 cm³/mol. The Hall–Kier alpha value is -1.85. The van der Waals surface area contributed by atoms with Gasteiger partial charge in [-0.15, -0.1) is 0 Å². The third-order valence-electron chi connectivity index (χ3n) is 1.17. The number of aliphatic imine (C=N–C) groups is 1. The average molecular weight is 182 g/mol. The Kier molecular flexibility index (Phi) is 3.02. The summed E-state index contributed by atoms with van der Waals surface area (Å²) in [6, 6.07) is 1.65. The normalized spacial score (nSPS) is 11.3. The number of rotatable bonds is 3. The molecule has 6 heteroatoms. The quantitative estimate of drug-likeness (QED) is 0.389. The number of nitrogens with zero attached hydrogens (tertiary/aromatic N) is 2. The molecule has 0 radical (unpaired) electrons. The maximum absolute atomic E-state index is 10.4. The molecule has 1 aromatic heterocycles. The number of nitrogens with one attached hydrogen (secondary N) is 1. The molecule has 0 amide bonds. The van der Waals surface area contributed by atoms with Crippen molar-refractivity contribution in [1.82, 2.24) is 10.2 Å². The molecular weight excluding hydrogens is 172 g/mol. The van der Waals surface area contributed by atoms with Gasteiger partial charge in [-0.1, -0.05) is 0 Å². The first kappa shape index (κ1) is 9.24. The SMILES string of the molecule is CC(=O)OC/C(N)=N/c1ccn[nH]1. The second-order valence-electron chi connectivity index (χ2n) is 2.33. The van der Waals surface area contributed by atoms with Crippen molar-refractivity contribution in [3.05, 3.63) is 12.3 Å². The summed E-state index contributed by atoms with van der Waals surface area (Å²) in [5, 5.41) is 6.27. The highest BCUT2D eigenvalue weighted by Gasteiger charge is 1.97. The lowest BCUT2D eigenvalue weighted by atomic mass is 10.6. The van der Waals surface area contributed by atoms with Crippen molar-refractivity contribution in [2.75, 3.05) is 6.61 Å². The van der Waals surface area contributed by atoms with Crippen LogP contribution in [0.3, 0.4) is 0 Å². The van der Waals surface area contributed by atoms with Crippen molar-refractivity contribution >= 4 is 17.6 Å². The Labute approximate surface area is 74.8 Å². The average Bonchev–Trinajstić information content (AvgIpc) is 2.53. The largest absolute Gasteiger partial charge is 0.458 e. The third kappa shape index (κ3) is 3.37. The van der Waals surface area contributed by atoms with Gasteiger partial charge in [-0.3, -0.25) is 9.89 Å². The standard InChI is InChI=1S/C7H10N4O2/c1-5(12)13-4-6(8)10-7-2-3-9-11-7/h2-3H,4H2,1H3,(H3,8,9,10,11). The van der Waals surface area contributed by atoms with E-state index in [9.17, 15) is 4.79 Å². The van der Waals surface area contributed by atoms with Gasteiger partial charge in [0.25, 0.3) is 0 Å². The van der Waals surface area contributed by atoms with Gasteiger partial charge in [-0.05, 0) is 0 Å². The van der Waals surface area contributed by atoms with Gasteiger partial charge in [0, 0.05) is 13.0 Å². The van der Waals surface area contributed by atoms with Crippen LogP contribution >= 0.6 is 0 Å². The highest BCUT2D eigenvalue weighted by atomic mass is 16.5. The Balaban J connectivity index is 2.47. The van der Waals surface area contributed by atoms with Crippen LogP contribution < -0.4 is 5.73 Å². The van der Waals surface area contributed by atoms with E-state index in [1.165, 1.54) is 6.92 Å². The lowest BCUT2D eigenvalue weighted by molar-refractivity contribution is -0.139. The van der Waals surface area contributed by atoms with Crippen molar-refractivity contribution in [3.63, 3.8) is 0 Å². The molecule has 0 aliphatic rings. The first-order chi connectivity index (χ1) is 6.18. The molecular formula is C7H10N4O2. The number of esters is 1. The second-order valence-corrected chi connectivity index (χ2v) is 2.33. The van der Waals surface area contributed by atoms with E-state index in [0.717, 1.165) is 0 Å². The van der Waals surface area contributed by atoms with Crippen LogP contribution in [0.25, 0.3) is 0 Å². The molecule has 0 aliphatic heterocycles. The molecule has 0 saturated carbocycles.